The lowest BCUT2D eigenvalue weighted by molar-refractivity contribution is -0.174. The molecule has 0 aliphatic carbocycles. The van der Waals surface area contributed by atoms with Crippen molar-refractivity contribution in [3.63, 3.8) is 0 Å². The van der Waals surface area contributed by atoms with Crippen molar-refractivity contribution in [2.75, 3.05) is 6.61 Å². The first-order valence-corrected chi connectivity index (χ1v) is 8.51. The third-order valence-corrected chi connectivity index (χ3v) is 3.33. The third kappa shape index (κ3) is 9.33. The van der Waals surface area contributed by atoms with Gasteiger partial charge in [0.15, 0.2) is 6.10 Å². The maximum Gasteiger partial charge on any atom is 0.469 e. The zero-order valence-electron chi connectivity index (χ0n) is 13.1. The van der Waals surface area contributed by atoms with E-state index in [1.54, 1.807) is 6.92 Å². The SMILES string of the molecule is CC(C)CC(C)OC(=O)[C@H](O)[C@@H](O)[C@H](O)[C@H](O)COP(=O)(O)O. The van der Waals surface area contributed by atoms with E-state index < -0.39 is 50.9 Å². The standard InChI is InChI=1S/C12H25O10P/c1-6(2)4-7(3)22-12(17)11(16)10(15)9(14)8(13)5-21-23(18,19)20/h6-11,13-16H,4-5H2,1-3H3,(H2,18,19,20)/t7?,8-,9-,10+,11-/m1/s1. The number of ether oxygens (including phenoxy) is 1. The molecule has 138 valence electrons. The Kier molecular flexibility index (Phi) is 9.41. The van der Waals surface area contributed by atoms with Crippen molar-refractivity contribution in [3.05, 3.63) is 0 Å². The molecule has 0 aliphatic heterocycles. The molecule has 0 radical (unpaired) electrons. The van der Waals surface area contributed by atoms with Gasteiger partial charge in [0.25, 0.3) is 0 Å². The molecule has 0 aromatic carbocycles. The highest BCUT2D eigenvalue weighted by atomic mass is 31.2. The van der Waals surface area contributed by atoms with Gasteiger partial charge in [0.2, 0.25) is 0 Å². The van der Waals surface area contributed by atoms with E-state index in [1.807, 2.05) is 13.8 Å². The maximum atomic E-state index is 11.6. The summed E-state index contributed by atoms with van der Waals surface area (Å²) in [6, 6.07) is 0. The fourth-order valence-electron chi connectivity index (χ4n) is 1.81. The number of phosphoric ester groups is 1. The second kappa shape index (κ2) is 9.65. The van der Waals surface area contributed by atoms with Crippen LogP contribution in [-0.2, 0) is 18.6 Å². The third-order valence-electron chi connectivity index (χ3n) is 2.84. The van der Waals surface area contributed by atoms with Gasteiger partial charge in [0, 0.05) is 0 Å². The molecule has 0 fully saturated rings. The number of carbonyl (C=O) groups is 1. The van der Waals surface area contributed by atoms with Crippen molar-refractivity contribution in [2.45, 2.75) is 57.7 Å². The molecular formula is C12H25O10P. The van der Waals surface area contributed by atoms with Crippen LogP contribution in [0.4, 0.5) is 0 Å². The molecule has 11 heteroatoms. The zero-order valence-corrected chi connectivity index (χ0v) is 14.0. The first-order chi connectivity index (χ1) is 10.3. The predicted molar refractivity (Wildman–Crippen MR) is 77.0 cm³/mol. The number of hydrogen-bond acceptors (Lipinski definition) is 8. The van der Waals surface area contributed by atoms with E-state index >= 15 is 0 Å². The highest BCUT2D eigenvalue weighted by Crippen LogP contribution is 2.35. The van der Waals surface area contributed by atoms with Gasteiger partial charge in [-0.1, -0.05) is 13.8 Å². The Balaban J connectivity index is 4.52. The number of aliphatic hydroxyl groups is 4. The predicted octanol–water partition coefficient (Wildman–Crippen LogP) is -1.48. The normalized spacial score (nSPS) is 19.0. The summed E-state index contributed by atoms with van der Waals surface area (Å²) >= 11 is 0. The van der Waals surface area contributed by atoms with Gasteiger partial charge in [-0.3, -0.25) is 4.52 Å². The smallest absolute Gasteiger partial charge is 0.461 e. The highest BCUT2D eigenvalue weighted by Gasteiger charge is 2.36. The molecule has 0 aromatic rings. The Bertz CT molecular complexity index is 409. The van der Waals surface area contributed by atoms with E-state index in [2.05, 4.69) is 4.52 Å². The second-order valence-electron chi connectivity index (χ2n) is 5.66. The fraction of sp³-hybridized carbons (Fsp3) is 0.917. The molecule has 6 N–H and O–H groups in total. The van der Waals surface area contributed by atoms with E-state index in [1.165, 1.54) is 0 Å². The van der Waals surface area contributed by atoms with Crippen LogP contribution in [-0.4, -0.2) is 73.3 Å². The summed E-state index contributed by atoms with van der Waals surface area (Å²) in [5.74, 6) is -0.954. The summed E-state index contributed by atoms with van der Waals surface area (Å²) in [5.41, 5.74) is 0. The molecule has 23 heavy (non-hydrogen) atoms. The molecule has 0 aliphatic rings. The maximum absolute atomic E-state index is 11.6. The van der Waals surface area contributed by atoms with Gasteiger partial charge in [-0.25, -0.2) is 9.36 Å². The number of esters is 1. The Morgan fingerprint density at radius 2 is 1.57 bits per heavy atom. The van der Waals surface area contributed by atoms with Crippen LogP contribution in [0.2, 0.25) is 0 Å². The van der Waals surface area contributed by atoms with Gasteiger partial charge in [0.05, 0.1) is 12.7 Å². The number of carbonyl (C=O) groups excluding carboxylic acids is 1. The lowest BCUT2D eigenvalue weighted by Crippen LogP contribution is -2.49. The fourth-order valence-corrected chi connectivity index (χ4v) is 2.15. The van der Waals surface area contributed by atoms with Gasteiger partial charge >= 0.3 is 13.8 Å². The van der Waals surface area contributed by atoms with E-state index in [0.29, 0.717) is 6.42 Å². The first-order valence-electron chi connectivity index (χ1n) is 6.98. The quantitative estimate of drug-likeness (QED) is 0.199. The first kappa shape index (κ1) is 22.4. The van der Waals surface area contributed by atoms with Crippen molar-refractivity contribution < 1.29 is 48.8 Å². The van der Waals surface area contributed by atoms with Crippen molar-refractivity contribution in [3.8, 4) is 0 Å². The number of aliphatic hydroxyl groups excluding tert-OH is 4. The molecule has 0 spiro atoms. The highest BCUT2D eigenvalue weighted by molar-refractivity contribution is 7.46. The Labute approximate surface area is 133 Å². The molecule has 0 amide bonds. The molecule has 1 unspecified atom stereocenters. The van der Waals surface area contributed by atoms with E-state index in [4.69, 9.17) is 14.5 Å². The molecular weight excluding hydrogens is 335 g/mol. The molecule has 0 saturated heterocycles. The number of rotatable bonds is 10. The molecule has 0 rings (SSSR count). The van der Waals surface area contributed by atoms with Crippen LogP contribution in [0.5, 0.6) is 0 Å². The Morgan fingerprint density at radius 3 is 2.00 bits per heavy atom. The summed E-state index contributed by atoms with van der Waals surface area (Å²) < 4.78 is 19.3. The minimum Gasteiger partial charge on any atom is -0.461 e. The monoisotopic (exact) mass is 360 g/mol. The lowest BCUT2D eigenvalue weighted by Gasteiger charge is -2.26. The van der Waals surface area contributed by atoms with Crippen molar-refractivity contribution in [1.82, 2.24) is 0 Å². The van der Waals surface area contributed by atoms with Gasteiger partial charge in [0.1, 0.15) is 18.3 Å². The van der Waals surface area contributed by atoms with Crippen LogP contribution in [0.3, 0.4) is 0 Å². The minimum atomic E-state index is -4.87. The van der Waals surface area contributed by atoms with Crippen LogP contribution in [0.25, 0.3) is 0 Å². The molecule has 0 aromatic heterocycles. The second-order valence-corrected chi connectivity index (χ2v) is 6.90. The summed E-state index contributed by atoms with van der Waals surface area (Å²) in [5, 5.41) is 38.3. The summed E-state index contributed by atoms with van der Waals surface area (Å²) in [7, 11) is -4.87. The van der Waals surface area contributed by atoms with Crippen molar-refractivity contribution >= 4 is 13.8 Å². The average Bonchev–Trinajstić information content (AvgIpc) is 2.40. The number of hydrogen-bond donors (Lipinski definition) is 6. The largest absolute Gasteiger partial charge is 0.469 e. The van der Waals surface area contributed by atoms with E-state index in [0.717, 1.165) is 0 Å². The summed E-state index contributed by atoms with van der Waals surface area (Å²) in [6.45, 7) is 4.39. The zero-order chi connectivity index (χ0) is 18.4. The van der Waals surface area contributed by atoms with E-state index in [9.17, 15) is 29.8 Å². The molecule has 0 saturated carbocycles. The van der Waals surface area contributed by atoms with Gasteiger partial charge in [-0.2, -0.15) is 0 Å². The molecule has 10 nitrogen and oxygen atoms in total. The van der Waals surface area contributed by atoms with Crippen molar-refractivity contribution in [2.24, 2.45) is 5.92 Å². The van der Waals surface area contributed by atoms with Crippen LogP contribution >= 0.6 is 7.82 Å². The van der Waals surface area contributed by atoms with Crippen LogP contribution < -0.4 is 0 Å². The topological polar surface area (TPSA) is 174 Å². The van der Waals surface area contributed by atoms with E-state index in [-0.39, 0.29) is 5.92 Å². The summed E-state index contributed by atoms with van der Waals surface area (Å²) in [6.07, 6.45) is -8.27. The van der Waals surface area contributed by atoms with Gasteiger partial charge < -0.3 is 34.9 Å². The number of phosphoric acid groups is 1. The Hall–Kier alpha value is -0.580. The van der Waals surface area contributed by atoms with Gasteiger partial charge in [-0.15, -0.1) is 0 Å². The molecule has 0 bridgehead atoms. The Morgan fingerprint density at radius 1 is 1.04 bits per heavy atom. The van der Waals surface area contributed by atoms with Gasteiger partial charge in [-0.05, 0) is 19.3 Å². The van der Waals surface area contributed by atoms with Crippen LogP contribution in [0.1, 0.15) is 27.2 Å². The van der Waals surface area contributed by atoms with Crippen LogP contribution in [0.15, 0.2) is 0 Å². The summed E-state index contributed by atoms with van der Waals surface area (Å²) in [4.78, 5) is 28.6. The molecule has 0 heterocycles. The molecule has 5 atom stereocenters. The minimum absolute atomic E-state index is 0.233. The van der Waals surface area contributed by atoms with Crippen molar-refractivity contribution in [1.29, 1.82) is 0 Å². The lowest BCUT2D eigenvalue weighted by atomic mass is 10.0. The average molecular weight is 360 g/mol. The van der Waals surface area contributed by atoms with Crippen LogP contribution in [0, 0.1) is 5.92 Å².